The molecule has 0 saturated heterocycles. The Morgan fingerprint density at radius 1 is 0.900 bits per heavy atom. The number of rotatable bonds is 4. The Morgan fingerprint density at radius 2 is 1.45 bits per heavy atom. The molecule has 2 aromatic rings. The van der Waals surface area contributed by atoms with Crippen LogP contribution in [0.1, 0.15) is 16.7 Å². The topological polar surface area (TPSA) is 35.2 Å². The molecule has 2 aromatic carbocycles. The van der Waals surface area contributed by atoms with Crippen LogP contribution in [0, 0.1) is 11.8 Å². The third kappa shape index (κ3) is 4.82. The van der Waals surface area contributed by atoms with Gasteiger partial charge in [0.25, 0.3) is 0 Å². The van der Waals surface area contributed by atoms with E-state index < -0.39 is 0 Å². The maximum absolute atomic E-state index is 5.70. The van der Waals surface area contributed by atoms with E-state index in [0.29, 0.717) is 19.8 Å². The van der Waals surface area contributed by atoms with Crippen molar-refractivity contribution >= 4 is 15.9 Å². The molecule has 2 N–H and O–H groups in total. The normalized spacial score (nSPS) is 9.90. The molecule has 0 aliphatic rings. The molecule has 0 spiro atoms. The minimum atomic E-state index is 0.387. The van der Waals surface area contributed by atoms with Crippen LogP contribution in [0.2, 0.25) is 0 Å². The molecule has 3 heteroatoms. The van der Waals surface area contributed by atoms with Crippen LogP contribution in [0.3, 0.4) is 0 Å². The predicted molar refractivity (Wildman–Crippen MR) is 85.0 cm³/mol. The second-order valence-electron chi connectivity index (χ2n) is 4.32. The van der Waals surface area contributed by atoms with Crippen LogP contribution in [0.4, 0.5) is 0 Å². The number of hydrogen-bond donors (Lipinski definition) is 1. The second kappa shape index (κ2) is 7.86. The first kappa shape index (κ1) is 14.8. The van der Waals surface area contributed by atoms with E-state index in [0.717, 1.165) is 15.6 Å². The highest BCUT2D eigenvalue weighted by Crippen LogP contribution is 2.12. The highest BCUT2D eigenvalue weighted by atomic mass is 79.9. The summed E-state index contributed by atoms with van der Waals surface area (Å²) in [5, 5.41) is 0. The van der Waals surface area contributed by atoms with Gasteiger partial charge in [-0.25, -0.2) is 0 Å². The molecule has 0 unspecified atom stereocenters. The lowest BCUT2D eigenvalue weighted by Crippen LogP contribution is -1.94. The third-order valence-electron chi connectivity index (χ3n) is 2.74. The summed E-state index contributed by atoms with van der Waals surface area (Å²) in [6.07, 6.45) is 0. The molecule has 2 rings (SSSR count). The molecule has 0 atom stereocenters. The van der Waals surface area contributed by atoms with Crippen molar-refractivity contribution in [2.75, 3.05) is 6.54 Å². The summed E-state index contributed by atoms with van der Waals surface area (Å²) in [5.41, 5.74) is 8.62. The van der Waals surface area contributed by atoms with Crippen molar-refractivity contribution in [2.45, 2.75) is 13.2 Å². The molecule has 0 fully saturated rings. The number of halogens is 1. The molecular weight excluding hydrogens is 314 g/mol. The summed E-state index contributed by atoms with van der Waals surface area (Å²) in [7, 11) is 0. The Labute approximate surface area is 128 Å². The van der Waals surface area contributed by atoms with Crippen molar-refractivity contribution in [1.82, 2.24) is 0 Å². The zero-order valence-electron chi connectivity index (χ0n) is 11.1. The molecule has 102 valence electrons. The Morgan fingerprint density at radius 3 is 2.00 bits per heavy atom. The monoisotopic (exact) mass is 329 g/mol. The zero-order valence-corrected chi connectivity index (χ0v) is 12.7. The minimum absolute atomic E-state index is 0.387. The van der Waals surface area contributed by atoms with Gasteiger partial charge in [-0.2, -0.15) is 0 Å². The lowest BCUT2D eigenvalue weighted by molar-refractivity contribution is 0.107. The number of hydrogen-bond acceptors (Lipinski definition) is 2. The van der Waals surface area contributed by atoms with Crippen LogP contribution in [0.5, 0.6) is 0 Å². The van der Waals surface area contributed by atoms with E-state index in [4.69, 9.17) is 10.5 Å². The zero-order chi connectivity index (χ0) is 14.2. The van der Waals surface area contributed by atoms with E-state index in [2.05, 4.69) is 39.9 Å². The van der Waals surface area contributed by atoms with Crippen LogP contribution < -0.4 is 5.73 Å². The van der Waals surface area contributed by atoms with Crippen molar-refractivity contribution in [3.05, 3.63) is 69.7 Å². The summed E-state index contributed by atoms with van der Waals surface area (Å²) in [6.45, 7) is 1.60. The van der Waals surface area contributed by atoms with Crippen LogP contribution in [0.15, 0.2) is 53.0 Å². The van der Waals surface area contributed by atoms with E-state index in [1.54, 1.807) is 0 Å². The summed E-state index contributed by atoms with van der Waals surface area (Å²) in [5.74, 6) is 5.83. The van der Waals surface area contributed by atoms with Gasteiger partial charge in [-0.1, -0.05) is 52.0 Å². The maximum atomic E-state index is 5.70. The van der Waals surface area contributed by atoms with Gasteiger partial charge >= 0.3 is 0 Å². The lowest BCUT2D eigenvalue weighted by atomic mass is 10.1. The molecule has 0 amide bonds. The standard InChI is InChI=1S/C17H16BrNO/c18-17-9-7-16(8-10-17)13-20-12-15-5-3-14(4-6-15)2-1-11-19/h3-10H,11-13,19H2. The van der Waals surface area contributed by atoms with E-state index in [1.807, 2.05) is 36.4 Å². The van der Waals surface area contributed by atoms with Crippen molar-refractivity contribution in [3.63, 3.8) is 0 Å². The van der Waals surface area contributed by atoms with Crippen molar-refractivity contribution in [2.24, 2.45) is 5.73 Å². The molecule has 0 aliphatic heterocycles. The fourth-order valence-corrected chi connectivity index (χ4v) is 1.97. The van der Waals surface area contributed by atoms with Gasteiger partial charge in [0.15, 0.2) is 0 Å². The first-order valence-corrected chi connectivity index (χ1v) is 7.17. The lowest BCUT2D eigenvalue weighted by Gasteiger charge is -2.05. The molecule has 2 nitrogen and oxygen atoms in total. The van der Waals surface area contributed by atoms with E-state index in [-0.39, 0.29) is 0 Å². The second-order valence-corrected chi connectivity index (χ2v) is 5.24. The van der Waals surface area contributed by atoms with Gasteiger partial charge in [0.05, 0.1) is 19.8 Å². The van der Waals surface area contributed by atoms with Crippen molar-refractivity contribution < 1.29 is 4.74 Å². The van der Waals surface area contributed by atoms with E-state index in [1.165, 1.54) is 5.56 Å². The molecule has 0 radical (unpaired) electrons. The number of ether oxygens (including phenoxy) is 1. The fraction of sp³-hybridized carbons (Fsp3) is 0.176. The predicted octanol–water partition coefficient (Wildman–Crippen LogP) is 3.48. The molecule has 0 aliphatic carbocycles. The van der Waals surface area contributed by atoms with Crippen LogP contribution >= 0.6 is 15.9 Å². The Kier molecular flexibility index (Phi) is 5.82. The average Bonchev–Trinajstić information content (AvgIpc) is 2.48. The highest BCUT2D eigenvalue weighted by Gasteiger charge is 1.96. The van der Waals surface area contributed by atoms with Gasteiger partial charge in [-0.3, -0.25) is 0 Å². The van der Waals surface area contributed by atoms with E-state index in [9.17, 15) is 0 Å². The van der Waals surface area contributed by atoms with Gasteiger partial charge in [-0.05, 0) is 35.4 Å². The summed E-state index contributed by atoms with van der Waals surface area (Å²) in [4.78, 5) is 0. The minimum Gasteiger partial charge on any atom is -0.372 e. The van der Waals surface area contributed by atoms with Crippen molar-refractivity contribution in [3.8, 4) is 11.8 Å². The van der Waals surface area contributed by atoms with Gasteiger partial charge in [0.2, 0.25) is 0 Å². The average molecular weight is 330 g/mol. The van der Waals surface area contributed by atoms with E-state index >= 15 is 0 Å². The van der Waals surface area contributed by atoms with Gasteiger partial charge < -0.3 is 10.5 Å². The molecule has 20 heavy (non-hydrogen) atoms. The molecule has 0 heterocycles. The number of nitrogens with two attached hydrogens (primary N) is 1. The number of benzene rings is 2. The smallest absolute Gasteiger partial charge is 0.0721 e. The van der Waals surface area contributed by atoms with Crippen LogP contribution in [-0.2, 0) is 18.0 Å². The van der Waals surface area contributed by atoms with Crippen molar-refractivity contribution in [1.29, 1.82) is 0 Å². The highest BCUT2D eigenvalue weighted by molar-refractivity contribution is 9.10. The maximum Gasteiger partial charge on any atom is 0.0721 e. The fourth-order valence-electron chi connectivity index (χ4n) is 1.70. The molecule has 0 aromatic heterocycles. The first-order valence-electron chi connectivity index (χ1n) is 6.38. The Bertz CT molecular complexity index is 594. The van der Waals surface area contributed by atoms with Gasteiger partial charge in [0, 0.05) is 10.0 Å². The molecule has 0 saturated carbocycles. The third-order valence-corrected chi connectivity index (χ3v) is 3.27. The SMILES string of the molecule is NCC#Cc1ccc(COCc2ccc(Br)cc2)cc1. The van der Waals surface area contributed by atoms with Gasteiger partial charge in [-0.15, -0.1) is 0 Å². The molecular formula is C17H16BrNO. The van der Waals surface area contributed by atoms with Crippen LogP contribution in [0.25, 0.3) is 0 Å². The summed E-state index contributed by atoms with van der Waals surface area (Å²) in [6, 6.07) is 16.2. The summed E-state index contributed by atoms with van der Waals surface area (Å²) < 4.78 is 6.77. The first-order chi connectivity index (χ1) is 9.78. The van der Waals surface area contributed by atoms with Crippen LogP contribution in [-0.4, -0.2) is 6.54 Å². The molecule has 0 bridgehead atoms. The Balaban J connectivity index is 1.83. The quantitative estimate of drug-likeness (QED) is 0.871. The van der Waals surface area contributed by atoms with Gasteiger partial charge in [0.1, 0.15) is 0 Å². The largest absolute Gasteiger partial charge is 0.372 e. The Hall–Kier alpha value is -1.60. The summed E-state index contributed by atoms with van der Waals surface area (Å²) >= 11 is 3.42.